The third kappa shape index (κ3) is 5.22. The average Bonchev–Trinajstić information content (AvgIpc) is 2.45. The van der Waals surface area contributed by atoms with Crippen LogP contribution in [0, 0.1) is 0 Å². The van der Waals surface area contributed by atoms with E-state index >= 15 is 0 Å². The summed E-state index contributed by atoms with van der Waals surface area (Å²) in [7, 11) is -3.74. The Kier molecular flexibility index (Phi) is 6.07. The standard InChI is InChI=1S/C15H23NO4S/c1-4-9-15(3,18)11-16-21(19,20)13-8-6-7-12(10-13)14(17)5-2/h6-8,10,16,18H,4-5,9,11H2,1-3H3. The van der Waals surface area contributed by atoms with Crippen LogP contribution in [0.3, 0.4) is 0 Å². The van der Waals surface area contributed by atoms with Crippen molar-refractivity contribution in [2.45, 2.75) is 50.5 Å². The minimum atomic E-state index is -3.74. The molecule has 0 amide bonds. The lowest BCUT2D eigenvalue weighted by atomic mass is 10.0. The summed E-state index contributed by atoms with van der Waals surface area (Å²) in [5.74, 6) is -0.106. The van der Waals surface area contributed by atoms with Gasteiger partial charge in [0.15, 0.2) is 5.78 Å². The molecule has 21 heavy (non-hydrogen) atoms. The maximum atomic E-state index is 12.2. The van der Waals surface area contributed by atoms with Gasteiger partial charge in [-0.2, -0.15) is 0 Å². The molecule has 0 saturated heterocycles. The van der Waals surface area contributed by atoms with Gasteiger partial charge in [-0.3, -0.25) is 4.79 Å². The van der Waals surface area contributed by atoms with E-state index in [2.05, 4.69) is 4.72 Å². The third-order valence-corrected chi connectivity index (χ3v) is 4.62. The van der Waals surface area contributed by atoms with Gasteiger partial charge in [-0.1, -0.05) is 32.4 Å². The van der Waals surface area contributed by atoms with Gasteiger partial charge in [0, 0.05) is 18.5 Å². The minimum Gasteiger partial charge on any atom is -0.389 e. The van der Waals surface area contributed by atoms with Crippen molar-refractivity contribution in [1.29, 1.82) is 0 Å². The molecule has 1 aromatic rings. The van der Waals surface area contributed by atoms with E-state index in [4.69, 9.17) is 0 Å². The molecule has 0 bridgehead atoms. The van der Waals surface area contributed by atoms with Crippen LogP contribution in [0.5, 0.6) is 0 Å². The van der Waals surface area contributed by atoms with Crippen LogP contribution in [0.15, 0.2) is 29.2 Å². The Morgan fingerprint density at radius 3 is 2.57 bits per heavy atom. The van der Waals surface area contributed by atoms with Crippen LogP contribution in [0.1, 0.15) is 50.4 Å². The fraction of sp³-hybridized carbons (Fsp3) is 0.533. The second-order valence-corrected chi connectivity index (χ2v) is 7.14. The van der Waals surface area contributed by atoms with Gasteiger partial charge in [0.05, 0.1) is 10.5 Å². The first-order valence-electron chi connectivity index (χ1n) is 7.07. The van der Waals surface area contributed by atoms with E-state index in [1.807, 2.05) is 6.92 Å². The number of rotatable bonds is 8. The van der Waals surface area contributed by atoms with E-state index < -0.39 is 15.6 Å². The number of Topliss-reactive ketones (excluding diaryl/α,β-unsaturated/α-hetero) is 1. The number of carbonyl (C=O) groups is 1. The highest BCUT2D eigenvalue weighted by molar-refractivity contribution is 7.89. The first-order valence-corrected chi connectivity index (χ1v) is 8.55. The molecule has 0 spiro atoms. The van der Waals surface area contributed by atoms with Crippen LogP contribution in [0.4, 0.5) is 0 Å². The van der Waals surface area contributed by atoms with E-state index in [1.165, 1.54) is 12.1 Å². The summed E-state index contributed by atoms with van der Waals surface area (Å²) in [6.45, 7) is 5.18. The Morgan fingerprint density at radius 1 is 1.33 bits per heavy atom. The van der Waals surface area contributed by atoms with E-state index in [-0.39, 0.29) is 17.2 Å². The van der Waals surface area contributed by atoms with Gasteiger partial charge < -0.3 is 5.11 Å². The molecule has 1 aromatic carbocycles. The molecule has 0 fully saturated rings. The zero-order valence-corrected chi connectivity index (χ0v) is 13.5. The summed E-state index contributed by atoms with van der Waals surface area (Å²) in [6, 6.07) is 5.94. The molecule has 118 valence electrons. The van der Waals surface area contributed by atoms with E-state index in [9.17, 15) is 18.3 Å². The van der Waals surface area contributed by atoms with Gasteiger partial charge in [0.25, 0.3) is 0 Å². The summed E-state index contributed by atoms with van der Waals surface area (Å²) < 4.78 is 26.8. The first kappa shape index (κ1) is 17.8. The Bertz CT molecular complexity index is 593. The number of sulfonamides is 1. The largest absolute Gasteiger partial charge is 0.389 e. The summed E-state index contributed by atoms with van der Waals surface area (Å²) in [5, 5.41) is 10.0. The van der Waals surface area contributed by atoms with Crippen molar-refractivity contribution in [1.82, 2.24) is 4.72 Å². The zero-order valence-electron chi connectivity index (χ0n) is 12.7. The van der Waals surface area contributed by atoms with Crippen molar-refractivity contribution in [2.75, 3.05) is 6.54 Å². The van der Waals surface area contributed by atoms with Crippen molar-refractivity contribution >= 4 is 15.8 Å². The van der Waals surface area contributed by atoms with Crippen LogP contribution < -0.4 is 4.72 Å². The molecule has 0 heterocycles. The van der Waals surface area contributed by atoms with Crippen LogP contribution in [0.25, 0.3) is 0 Å². The quantitative estimate of drug-likeness (QED) is 0.720. The number of hydrogen-bond donors (Lipinski definition) is 2. The van der Waals surface area contributed by atoms with Gasteiger partial charge in [-0.25, -0.2) is 13.1 Å². The number of aliphatic hydroxyl groups is 1. The number of ketones is 1. The Balaban J connectivity index is 2.91. The SMILES string of the molecule is CCCC(C)(O)CNS(=O)(=O)c1cccc(C(=O)CC)c1. The van der Waals surface area contributed by atoms with E-state index in [0.29, 0.717) is 18.4 Å². The monoisotopic (exact) mass is 313 g/mol. The molecule has 1 rings (SSSR count). The highest BCUT2D eigenvalue weighted by Gasteiger charge is 2.23. The first-order chi connectivity index (χ1) is 9.72. The smallest absolute Gasteiger partial charge is 0.240 e. The predicted octanol–water partition coefficient (Wildman–Crippen LogP) is 2.11. The number of hydrogen-bond acceptors (Lipinski definition) is 4. The van der Waals surface area contributed by atoms with Crippen molar-refractivity contribution in [3.63, 3.8) is 0 Å². The fourth-order valence-corrected chi connectivity index (χ4v) is 3.21. The van der Waals surface area contributed by atoms with Crippen molar-refractivity contribution in [3.8, 4) is 0 Å². The van der Waals surface area contributed by atoms with Gasteiger partial charge in [-0.15, -0.1) is 0 Å². The average molecular weight is 313 g/mol. The summed E-state index contributed by atoms with van der Waals surface area (Å²) >= 11 is 0. The number of benzene rings is 1. The minimum absolute atomic E-state index is 0.0362. The molecule has 1 unspecified atom stereocenters. The highest BCUT2D eigenvalue weighted by atomic mass is 32.2. The molecule has 0 aliphatic heterocycles. The topological polar surface area (TPSA) is 83.5 Å². The van der Waals surface area contributed by atoms with Crippen LogP contribution >= 0.6 is 0 Å². The van der Waals surface area contributed by atoms with Gasteiger partial charge in [0.1, 0.15) is 0 Å². The maximum absolute atomic E-state index is 12.2. The Labute approximate surface area is 126 Å². The third-order valence-electron chi connectivity index (χ3n) is 3.22. The Morgan fingerprint density at radius 2 is 2.00 bits per heavy atom. The number of carbonyl (C=O) groups excluding carboxylic acids is 1. The molecule has 6 heteroatoms. The van der Waals surface area contributed by atoms with Gasteiger partial charge in [-0.05, 0) is 25.5 Å². The lowest BCUT2D eigenvalue weighted by Crippen LogP contribution is -2.40. The molecule has 5 nitrogen and oxygen atoms in total. The van der Waals surface area contributed by atoms with Gasteiger partial charge in [0.2, 0.25) is 10.0 Å². The lowest BCUT2D eigenvalue weighted by Gasteiger charge is -2.22. The van der Waals surface area contributed by atoms with Crippen LogP contribution in [0.2, 0.25) is 0 Å². The summed E-state index contributed by atoms with van der Waals surface area (Å²) in [4.78, 5) is 11.7. The molecule has 0 saturated carbocycles. The molecule has 0 aliphatic rings. The fourth-order valence-electron chi connectivity index (χ4n) is 2.00. The lowest BCUT2D eigenvalue weighted by molar-refractivity contribution is 0.0554. The molecular weight excluding hydrogens is 290 g/mol. The van der Waals surface area contributed by atoms with Gasteiger partial charge >= 0.3 is 0 Å². The second-order valence-electron chi connectivity index (χ2n) is 5.38. The highest BCUT2D eigenvalue weighted by Crippen LogP contribution is 2.15. The van der Waals surface area contributed by atoms with Crippen LogP contribution in [-0.4, -0.2) is 31.5 Å². The number of nitrogens with one attached hydrogen (secondary N) is 1. The predicted molar refractivity (Wildman–Crippen MR) is 81.8 cm³/mol. The van der Waals surface area contributed by atoms with Crippen molar-refractivity contribution in [3.05, 3.63) is 29.8 Å². The maximum Gasteiger partial charge on any atom is 0.240 e. The van der Waals surface area contributed by atoms with Crippen molar-refractivity contribution in [2.24, 2.45) is 0 Å². The molecular formula is C15H23NO4S. The van der Waals surface area contributed by atoms with Crippen LogP contribution in [-0.2, 0) is 10.0 Å². The molecule has 2 N–H and O–H groups in total. The second kappa shape index (κ2) is 7.15. The molecule has 0 radical (unpaired) electrons. The molecule has 0 aliphatic carbocycles. The summed E-state index contributed by atoms with van der Waals surface area (Å²) in [6.07, 6.45) is 1.58. The normalized spacial score (nSPS) is 14.7. The van der Waals surface area contributed by atoms with Crippen molar-refractivity contribution < 1.29 is 18.3 Å². The van der Waals surface area contributed by atoms with E-state index in [1.54, 1.807) is 26.0 Å². The molecule has 1 atom stereocenters. The Hall–Kier alpha value is -1.24. The zero-order chi connectivity index (χ0) is 16.1. The summed E-state index contributed by atoms with van der Waals surface area (Å²) in [5.41, 5.74) is -0.709. The van der Waals surface area contributed by atoms with E-state index in [0.717, 1.165) is 6.42 Å². The molecule has 0 aromatic heterocycles.